The summed E-state index contributed by atoms with van der Waals surface area (Å²) in [6.45, 7) is 2.40. The molecular formula is C12H17ClN2O. The zero-order valence-corrected chi connectivity index (χ0v) is 10.1. The number of halogens is 1. The van der Waals surface area contributed by atoms with E-state index >= 15 is 0 Å². The van der Waals surface area contributed by atoms with Crippen LogP contribution in [-0.4, -0.2) is 12.5 Å². The molecule has 0 saturated heterocycles. The third-order valence-electron chi connectivity index (χ3n) is 2.42. The Hall–Kier alpha value is -1.06. The number of nitrogens with one attached hydrogen (secondary N) is 1. The Bertz CT molecular complexity index is 355. The first-order valence-corrected chi connectivity index (χ1v) is 5.82. The molecule has 0 aromatic heterocycles. The first-order chi connectivity index (χ1) is 7.69. The standard InChI is InChI=1S/C12H17ClN2O/c1-2-5-9(8-14)12(16)15-11-7-4-3-6-10(11)13/h3-4,6-7,9H,2,5,8,14H2,1H3,(H,15,16). The predicted octanol–water partition coefficient (Wildman–Crippen LogP) is 2.65. The third-order valence-corrected chi connectivity index (χ3v) is 2.75. The van der Waals surface area contributed by atoms with Crippen LogP contribution in [0.4, 0.5) is 5.69 Å². The number of anilines is 1. The van der Waals surface area contributed by atoms with Crippen molar-refractivity contribution in [3.05, 3.63) is 29.3 Å². The van der Waals surface area contributed by atoms with Crippen molar-refractivity contribution in [1.82, 2.24) is 0 Å². The fourth-order valence-electron chi connectivity index (χ4n) is 1.50. The van der Waals surface area contributed by atoms with Crippen LogP contribution in [0.3, 0.4) is 0 Å². The molecule has 0 heterocycles. The Kier molecular flexibility index (Phi) is 5.29. The van der Waals surface area contributed by atoms with E-state index < -0.39 is 0 Å². The SMILES string of the molecule is CCCC(CN)C(=O)Nc1ccccc1Cl. The molecule has 0 aliphatic heterocycles. The highest BCUT2D eigenvalue weighted by Crippen LogP contribution is 2.21. The number of amides is 1. The maximum Gasteiger partial charge on any atom is 0.228 e. The fraction of sp³-hybridized carbons (Fsp3) is 0.417. The highest BCUT2D eigenvalue weighted by Gasteiger charge is 2.16. The van der Waals surface area contributed by atoms with Gasteiger partial charge in [-0.15, -0.1) is 0 Å². The molecule has 0 fully saturated rings. The average molecular weight is 241 g/mol. The lowest BCUT2D eigenvalue weighted by Gasteiger charge is -2.14. The second kappa shape index (κ2) is 6.51. The van der Waals surface area contributed by atoms with Gasteiger partial charge in [0.05, 0.1) is 16.6 Å². The summed E-state index contributed by atoms with van der Waals surface area (Å²) < 4.78 is 0. The van der Waals surface area contributed by atoms with Gasteiger partial charge in [0.15, 0.2) is 0 Å². The molecule has 1 rings (SSSR count). The van der Waals surface area contributed by atoms with Gasteiger partial charge in [0.25, 0.3) is 0 Å². The molecule has 0 aliphatic carbocycles. The average Bonchev–Trinajstić information content (AvgIpc) is 2.29. The minimum atomic E-state index is -0.138. The van der Waals surface area contributed by atoms with Crippen molar-refractivity contribution < 1.29 is 4.79 Å². The Morgan fingerprint density at radius 2 is 2.19 bits per heavy atom. The van der Waals surface area contributed by atoms with Crippen molar-refractivity contribution >= 4 is 23.2 Å². The van der Waals surface area contributed by atoms with Gasteiger partial charge in [-0.3, -0.25) is 4.79 Å². The molecule has 3 nitrogen and oxygen atoms in total. The topological polar surface area (TPSA) is 55.1 Å². The molecule has 4 heteroatoms. The van der Waals surface area contributed by atoms with E-state index in [2.05, 4.69) is 5.32 Å². The van der Waals surface area contributed by atoms with E-state index in [0.29, 0.717) is 17.3 Å². The zero-order chi connectivity index (χ0) is 12.0. The minimum Gasteiger partial charge on any atom is -0.330 e. The van der Waals surface area contributed by atoms with E-state index in [1.807, 2.05) is 19.1 Å². The summed E-state index contributed by atoms with van der Waals surface area (Å²) in [4.78, 5) is 11.8. The molecule has 0 saturated carbocycles. The molecule has 88 valence electrons. The maximum atomic E-state index is 11.8. The van der Waals surface area contributed by atoms with E-state index in [1.165, 1.54) is 0 Å². The molecule has 0 spiro atoms. The quantitative estimate of drug-likeness (QED) is 0.832. The fourth-order valence-corrected chi connectivity index (χ4v) is 1.68. The van der Waals surface area contributed by atoms with Gasteiger partial charge >= 0.3 is 0 Å². The molecule has 1 amide bonds. The summed E-state index contributed by atoms with van der Waals surface area (Å²) in [6, 6.07) is 7.18. The number of carbonyl (C=O) groups is 1. The summed E-state index contributed by atoms with van der Waals surface area (Å²) in [5.74, 6) is -0.196. The van der Waals surface area contributed by atoms with Crippen molar-refractivity contribution in [2.24, 2.45) is 11.7 Å². The van der Waals surface area contributed by atoms with Gasteiger partial charge in [0, 0.05) is 6.54 Å². The molecule has 1 aromatic carbocycles. The van der Waals surface area contributed by atoms with Crippen molar-refractivity contribution in [3.63, 3.8) is 0 Å². The highest BCUT2D eigenvalue weighted by atomic mass is 35.5. The van der Waals surface area contributed by atoms with Gasteiger partial charge in [0.1, 0.15) is 0 Å². The number of hydrogen-bond acceptors (Lipinski definition) is 2. The van der Waals surface area contributed by atoms with Crippen LogP contribution < -0.4 is 11.1 Å². The Morgan fingerprint density at radius 1 is 1.50 bits per heavy atom. The van der Waals surface area contributed by atoms with Gasteiger partial charge in [0.2, 0.25) is 5.91 Å². The Labute approximate surface area is 101 Å². The second-order valence-corrected chi connectivity index (χ2v) is 4.10. The number of para-hydroxylation sites is 1. The lowest BCUT2D eigenvalue weighted by Crippen LogP contribution is -2.29. The number of benzene rings is 1. The van der Waals surface area contributed by atoms with Crippen molar-refractivity contribution in [3.8, 4) is 0 Å². The number of carbonyl (C=O) groups excluding carboxylic acids is 1. The number of nitrogens with two attached hydrogens (primary N) is 1. The summed E-state index contributed by atoms with van der Waals surface area (Å²) >= 11 is 5.95. The number of rotatable bonds is 5. The smallest absolute Gasteiger partial charge is 0.228 e. The van der Waals surface area contributed by atoms with Crippen LogP contribution in [0.2, 0.25) is 5.02 Å². The lowest BCUT2D eigenvalue weighted by atomic mass is 10.0. The monoisotopic (exact) mass is 240 g/mol. The van der Waals surface area contributed by atoms with E-state index in [4.69, 9.17) is 17.3 Å². The van der Waals surface area contributed by atoms with Gasteiger partial charge in [-0.25, -0.2) is 0 Å². The van der Waals surface area contributed by atoms with Gasteiger partial charge in [-0.2, -0.15) is 0 Å². The van der Waals surface area contributed by atoms with Crippen molar-refractivity contribution in [2.75, 3.05) is 11.9 Å². The molecule has 1 unspecified atom stereocenters. The van der Waals surface area contributed by atoms with Gasteiger partial charge in [-0.1, -0.05) is 37.1 Å². The molecule has 16 heavy (non-hydrogen) atoms. The Balaban J connectivity index is 2.66. The normalized spacial score (nSPS) is 12.2. The van der Waals surface area contributed by atoms with Crippen molar-refractivity contribution in [2.45, 2.75) is 19.8 Å². The first kappa shape index (κ1) is 13.0. The predicted molar refractivity (Wildman–Crippen MR) is 67.5 cm³/mol. The molecule has 1 atom stereocenters. The summed E-state index contributed by atoms with van der Waals surface area (Å²) in [5, 5.41) is 3.34. The van der Waals surface area contributed by atoms with Crippen LogP contribution >= 0.6 is 11.6 Å². The molecule has 0 radical (unpaired) electrons. The molecule has 3 N–H and O–H groups in total. The number of hydrogen-bond donors (Lipinski definition) is 2. The lowest BCUT2D eigenvalue weighted by molar-refractivity contribution is -0.119. The van der Waals surface area contributed by atoms with Gasteiger partial charge in [-0.05, 0) is 18.6 Å². The minimum absolute atomic E-state index is 0.0579. The molecule has 0 bridgehead atoms. The van der Waals surface area contributed by atoms with Gasteiger partial charge < -0.3 is 11.1 Å². The van der Waals surface area contributed by atoms with Crippen molar-refractivity contribution in [1.29, 1.82) is 0 Å². The van der Waals surface area contributed by atoms with E-state index in [0.717, 1.165) is 12.8 Å². The first-order valence-electron chi connectivity index (χ1n) is 5.44. The largest absolute Gasteiger partial charge is 0.330 e. The maximum absolute atomic E-state index is 11.8. The third kappa shape index (κ3) is 3.51. The molecule has 0 aliphatic rings. The highest BCUT2D eigenvalue weighted by molar-refractivity contribution is 6.33. The summed E-state index contributed by atoms with van der Waals surface area (Å²) in [7, 11) is 0. The van der Waals surface area contributed by atoms with E-state index in [9.17, 15) is 4.79 Å². The van der Waals surface area contributed by atoms with E-state index in [1.54, 1.807) is 12.1 Å². The molecular weight excluding hydrogens is 224 g/mol. The summed E-state index contributed by atoms with van der Waals surface area (Å²) in [6.07, 6.45) is 1.74. The Morgan fingerprint density at radius 3 is 2.75 bits per heavy atom. The second-order valence-electron chi connectivity index (χ2n) is 3.69. The summed E-state index contributed by atoms with van der Waals surface area (Å²) in [5.41, 5.74) is 6.20. The van der Waals surface area contributed by atoms with Crippen LogP contribution in [-0.2, 0) is 4.79 Å². The van der Waals surface area contributed by atoms with Crippen LogP contribution in [0, 0.1) is 5.92 Å². The molecule has 1 aromatic rings. The van der Waals surface area contributed by atoms with E-state index in [-0.39, 0.29) is 11.8 Å². The van der Waals surface area contributed by atoms with Crippen LogP contribution in [0.25, 0.3) is 0 Å². The van der Waals surface area contributed by atoms with Crippen LogP contribution in [0.15, 0.2) is 24.3 Å². The zero-order valence-electron chi connectivity index (χ0n) is 9.37. The van der Waals surface area contributed by atoms with Crippen LogP contribution in [0.5, 0.6) is 0 Å². The van der Waals surface area contributed by atoms with Crippen LogP contribution in [0.1, 0.15) is 19.8 Å².